The zero-order chi connectivity index (χ0) is 27.6. The summed E-state index contributed by atoms with van der Waals surface area (Å²) in [6, 6.07) is 8.79. The second-order valence-electron chi connectivity index (χ2n) is 10.5. The van der Waals surface area contributed by atoms with Crippen molar-refractivity contribution in [3.8, 4) is 5.75 Å². The molecule has 1 aliphatic heterocycles. The molecule has 0 spiro atoms. The monoisotopic (exact) mass is 586 g/mol. The van der Waals surface area contributed by atoms with E-state index < -0.39 is 11.4 Å². The lowest BCUT2D eigenvalue weighted by molar-refractivity contribution is 0.0793. The number of aliphatic hydroxyl groups is 1. The first kappa shape index (κ1) is 28.1. The summed E-state index contributed by atoms with van der Waals surface area (Å²) >= 11 is 3.47. The topological polar surface area (TPSA) is 85.8 Å². The Balaban J connectivity index is 1.62. The fraction of sp³-hybridized carbons (Fsp3) is 0.429. The van der Waals surface area contributed by atoms with E-state index in [4.69, 9.17) is 4.74 Å². The molecule has 8 nitrogen and oxygen atoms in total. The second kappa shape index (κ2) is 11.4. The Labute approximate surface area is 232 Å². The number of benzene rings is 2. The molecule has 3 aromatic rings. The molecule has 1 saturated heterocycles. The highest BCUT2D eigenvalue weighted by Gasteiger charge is 2.28. The average molecular weight is 588 g/mol. The molecule has 4 rings (SSSR count). The molecule has 0 radical (unpaired) electrons. The van der Waals surface area contributed by atoms with Crippen LogP contribution in [0.25, 0.3) is 0 Å². The van der Waals surface area contributed by atoms with Gasteiger partial charge < -0.3 is 30.3 Å². The number of anilines is 5. The number of halogens is 2. The number of aryl methyl sites for hydroxylation is 1. The van der Waals surface area contributed by atoms with Crippen LogP contribution in [0.1, 0.15) is 37.8 Å². The van der Waals surface area contributed by atoms with E-state index in [0.717, 1.165) is 48.6 Å². The minimum atomic E-state index is -1.17. The highest BCUT2D eigenvalue weighted by Crippen LogP contribution is 2.39. The minimum absolute atomic E-state index is 0.362. The molecule has 0 bridgehead atoms. The van der Waals surface area contributed by atoms with Crippen molar-refractivity contribution in [2.75, 3.05) is 49.8 Å². The van der Waals surface area contributed by atoms with E-state index in [1.165, 1.54) is 12.1 Å². The molecule has 0 aliphatic carbocycles. The van der Waals surface area contributed by atoms with Gasteiger partial charge in [-0.15, -0.1) is 0 Å². The molecular formula is C28H36BrFN6O2. The Morgan fingerprint density at radius 2 is 1.97 bits per heavy atom. The Kier molecular flexibility index (Phi) is 8.44. The van der Waals surface area contributed by atoms with Gasteiger partial charge in [-0.2, -0.15) is 4.98 Å². The van der Waals surface area contributed by atoms with Crippen molar-refractivity contribution in [3.63, 3.8) is 0 Å². The van der Waals surface area contributed by atoms with Gasteiger partial charge >= 0.3 is 0 Å². The van der Waals surface area contributed by atoms with E-state index in [0.29, 0.717) is 33.5 Å². The molecule has 1 aliphatic rings. The van der Waals surface area contributed by atoms with Gasteiger partial charge in [-0.05, 0) is 87.4 Å². The largest absolute Gasteiger partial charge is 0.495 e. The fourth-order valence-corrected chi connectivity index (χ4v) is 5.17. The summed E-state index contributed by atoms with van der Waals surface area (Å²) in [4.78, 5) is 13.7. The summed E-state index contributed by atoms with van der Waals surface area (Å²) in [5, 5.41) is 17.0. The van der Waals surface area contributed by atoms with E-state index in [2.05, 4.69) is 66.5 Å². The summed E-state index contributed by atoms with van der Waals surface area (Å²) in [7, 11) is 5.90. The number of methoxy groups -OCH3 is 1. The molecule has 1 fully saturated rings. The maximum Gasteiger partial charge on any atom is 0.229 e. The Morgan fingerprint density at radius 3 is 2.66 bits per heavy atom. The first-order valence-electron chi connectivity index (χ1n) is 12.6. The summed E-state index contributed by atoms with van der Waals surface area (Å²) < 4.78 is 20.5. The van der Waals surface area contributed by atoms with Crippen LogP contribution in [-0.4, -0.2) is 60.3 Å². The van der Waals surface area contributed by atoms with Gasteiger partial charge in [0.05, 0.1) is 22.9 Å². The lowest BCUT2D eigenvalue weighted by Crippen LogP contribution is -2.37. The number of nitrogens with zero attached hydrogens (tertiary/aromatic N) is 4. The van der Waals surface area contributed by atoms with E-state index in [9.17, 15) is 9.50 Å². The van der Waals surface area contributed by atoms with Gasteiger partial charge in [-0.25, -0.2) is 9.37 Å². The number of hydrogen-bond donors (Lipinski definition) is 3. The first-order chi connectivity index (χ1) is 18.0. The van der Waals surface area contributed by atoms with Crippen molar-refractivity contribution >= 4 is 44.8 Å². The molecule has 3 N–H and O–H groups in total. The summed E-state index contributed by atoms with van der Waals surface area (Å²) in [5.74, 6) is 1.16. The third-order valence-corrected chi connectivity index (χ3v) is 7.25. The molecule has 2 aromatic carbocycles. The van der Waals surface area contributed by atoms with Gasteiger partial charge in [0.1, 0.15) is 17.4 Å². The lowest BCUT2D eigenvalue weighted by Gasteiger charge is -2.31. The number of nitrogens with one attached hydrogen (secondary N) is 2. The van der Waals surface area contributed by atoms with Crippen molar-refractivity contribution < 1.29 is 14.2 Å². The molecule has 2 heterocycles. The molecule has 1 aromatic heterocycles. The summed E-state index contributed by atoms with van der Waals surface area (Å²) in [6.07, 6.45) is 3.94. The van der Waals surface area contributed by atoms with Crippen molar-refractivity contribution in [1.82, 2.24) is 14.9 Å². The number of ether oxygens (including phenoxy) is 1. The summed E-state index contributed by atoms with van der Waals surface area (Å²) in [5.41, 5.74) is 2.74. The molecule has 10 heteroatoms. The zero-order valence-electron chi connectivity index (χ0n) is 22.8. The molecule has 0 amide bonds. The molecule has 1 atom stereocenters. The van der Waals surface area contributed by atoms with E-state index in [-0.39, 0.29) is 0 Å². The molecule has 38 heavy (non-hydrogen) atoms. The van der Waals surface area contributed by atoms with Gasteiger partial charge in [0.25, 0.3) is 0 Å². The van der Waals surface area contributed by atoms with Gasteiger partial charge in [0.15, 0.2) is 0 Å². The minimum Gasteiger partial charge on any atom is -0.495 e. The number of likely N-dealkylation sites (N-methyl/N-ethyl adjacent to an activating group) is 1. The second-order valence-corrected chi connectivity index (χ2v) is 11.3. The summed E-state index contributed by atoms with van der Waals surface area (Å²) in [6.45, 7) is 7.34. The van der Waals surface area contributed by atoms with Gasteiger partial charge in [-0.3, -0.25) is 0 Å². The van der Waals surface area contributed by atoms with Gasteiger partial charge in [0, 0.05) is 48.3 Å². The smallest absolute Gasteiger partial charge is 0.229 e. The van der Waals surface area contributed by atoms with Crippen LogP contribution in [0.4, 0.5) is 33.2 Å². The van der Waals surface area contributed by atoms with Crippen molar-refractivity contribution in [3.05, 3.63) is 57.9 Å². The van der Waals surface area contributed by atoms with Crippen molar-refractivity contribution in [1.29, 1.82) is 0 Å². The van der Waals surface area contributed by atoms with Crippen molar-refractivity contribution in [2.45, 2.75) is 45.3 Å². The number of rotatable bonds is 9. The normalized spacial score (nSPS) is 15.7. The molecule has 0 saturated carbocycles. The van der Waals surface area contributed by atoms with Crippen LogP contribution < -0.4 is 20.3 Å². The van der Waals surface area contributed by atoms with E-state index in [1.807, 2.05) is 13.0 Å². The predicted molar refractivity (Wildman–Crippen MR) is 155 cm³/mol. The Hall–Kier alpha value is -2.95. The highest BCUT2D eigenvalue weighted by molar-refractivity contribution is 9.10. The predicted octanol–water partition coefficient (Wildman–Crippen LogP) is 5.94. The average Bonchev–Trinajstić information content (AvgIpc) is 3.28. The van der Waals surface area contributed by atoms with Gasteiger partial charge in [0.2, 0.25) is 5.95 Å². The van der Waals surface area contributed by atoms with Crippen LogP contribution in [0, 0.1) is 12.7 Å². The van der Waals surface area contributed by atoms with E-state index >= 15 is 0 Å². The maximum absolute atomic E-state index is 14.1. The van der Waals surface area contributed by atoms with Gasteiger partial charge in [-0.1, -0.05) is 6.07 Å². The van der Waals surface area contributed by atoms with Crippen LogP contribution in [0.5, 0.6) is 5.75 Å². The third-order valence-electron chi connectivity index (χ3n) is 6.67. The van der Waals surface area contributed by atoms with Crippen molar-refractivity contribution in [2.24, 2.45) is 0 Å². The van der Waals surface area contributed by atoms with Crippen LogP contribution in [-0.2, 0) is 5.60 Å². The van der Waals surface area contributed by atoms with E-state index in [1.54, 1.807) is 33.2 Å². The van der Waals surface area contributed by atoms with Crippen LogP contribution in [0.3, 0.4) is 0 Å². The van der Waals surface area contributed by atoms with Crippen LogP contribution in [0.15, 0.2) is 41.0 Å². The number of hydrogen-bond acceptors (Lipinski definition) is 8. The Bertz CT molecular complexity index is 1300. The lowest BCUT2D eigenvalue weighted by atomic mass is 9.96. The standard InChI is InChI=1S/C28H36BrFN6O2/c1-17-12-24(36-11-7-8-19(36)16-35(4)5)25(38-6)14-22(17)33-27-31-15-21(29)26(34-27)32-23-13-18(30)9-10-20(23)28(2,3)37/h9-10,12-15,19,37H,7-8,11,16H2,1-6H3,(H2,31,32,33,34). The Morgan fingerprint density at radius 1 is 1.21 bits per heavy atom. The molecule has 1 unspecified atom stereocenters. The SMILES string of the molecule is COc1cc(Nc2ncc(Br)c(Nc3cc(F)ccc3C(C)(C)O)n2)c(C)cc1N1CCCC1CN(C)C. The van der Waals surface area contributed by atoms with Crippen LogP contribution >= 0.6 is 15.9 Å². The quantitative estimate of drug-likeness (QED) is 0.284. The first-order valence-corrected chi connectivity index (χ1v) is 13.4. The molecular weight excluding hydrogens is 551 g/mol. The van der Waals surface area contributed by atoms with Crippen LogP contribution in [0.2, 0.25) is 0 Å². The fourth-order valence-electron chi connectivity index (χ4n) is 4.88. The molecule has 204 valence electrons. The highest BCUT2D eigenvalue weighted by atomic mass is 79.9. The maximum atomic E-state index is 14.1. The number of aromatic nitrogens is 2. The third kappa shape index (κ3) is 6.36. The zero-order valence-corrected chi connectivity index (χ0v) is 24.4.